The first-order valence-electron chi connectivity index (χ1n) is 3.22. The molecule has 0 saturated heterocycles. The summed E-state index contributed by atoms with van der Waals surface area (Å²) in [6.07, 6.45) is 0. The number of nitrogens with zero attached hydrogens (tertiary/aromatic N) is 2. The molecule has 2 N–H and O–H groups in total. The molecule has 1 aromatic carbocycles. The fraction of sp³-hybridized carbons (Fsp3) is 0. The minimum atomic E-state index is -1.07. The molecule has 0 radical (unpaired) electrons. The Morgan fingerprint density at radius 3 is 2.46 bits per heavy atom. The number of hydrogen-bond donors (Lipinski definition) is 1. The van der Waals surface area contributed by atoms with E-state index in [0.29, 0.717) is 5.17 Å². The third-order valence-electron chi connectivity index (χ3n) is 1.24. The Hall–Kier alpha value is -1.89. The van der Waals surface area contributed by atoms with E-state index in [1.54, 1.807) is 0 Å². The van der Waals surface area contributed by atoms with Crippen molar-refractivity contribution in [3.63, 3.8) is 0 Å². The third-order valence-corrected chi connectivity index (χ3v) is 1.24. The van der Waals surface area contributed by atoms with E-state index in [2.05, 4.69) is 4.94 Å². The second-order valence-electron chi connectivity index (χ2n) is 2.11. The van der Waals surface area contributed by atoms with E-state index in [4.69, 9.17) is 5.84 Å². The number of hydrazine groups is 1. The Morgan fingerprint density at radius 2 is 2.00 bits per heavy atom. The zero-order valence-electron chi connectivity index (χ0n) is 6.38. The number of halogens is 1. The monoisotopic (exact) mass is 187 g/mol. The molecule has 70 valence electrons. The van der Waals surface area contributed by atoms with Crippen molar-refractivity contribution in [2.45, 2.75) is 0 Å². The molecule has 7 heteroatoms. The molecule has 0 amide bonds. The van der Waals surface area contributed by atoms with Crippen LogP contribution in [0.2, 0.25) is 0 Å². The number of rotatable bonds is 3. The highest BCUT2D eigenvalue weighted by Crippen LogP contribution is 2.11. The van der Waals surface area contributed by atoms with Gasteiger partial charge >= 0.3 is 5.09 Å². The van der Waals surface area contributed by atoms with Crippen molar-refractivity contribution in [1.82, 2.24) is 0 Å². The molecule has 0 aliphatic heterocycles. The fourth-order valence-corrected chi connectivity index (χ4v) is 0.707. The van der Waals surface area contributed by atoms with Gasteiger partial charge in [0.1, 0.15) is 5.82 Å². The molecular weight excluding hydrogens is 181 g/mol. The summed E-state index contributed by atoms with van der Waals surface area (Å²) in [5, 5.41) is 9.20. The largest absolute Gasteiger partial charge is 0.318 e. The highest BCUT2D eigenvalue weighted by Gasteiger charge is 2.05. The van der Waals surface area contributed by atoms with Crippen LogP contribution < -0.4 is 11.0 Å². The van der Waals surface area contributed by atoms with E-state index in [1.807, 2.05) is 0 Å². The lowest BCUT2D eigenvalue weighted by molar-refractivity contribution is -0.762. The van der Waals surface area contributed by atoms with Crippen LogP contribution in [0.5, 0.6) is 0 Å². The van der Waals surface area contributed by atoms with E-state index >= 15 is 0 Å². The Kier molecular flexibility index (Phi) is 2.60. The Balaban J connectivity index is 2.71. The van der Waals surface area contributed by atoms with Gasteiger partial charge in [-0.2, -0.15) is 4.94 Å². The molecule has 0 atom stereocenters. The van der Waals surface area contributed by atoms with Gasteiger partial charge in [0.25, 0.3) is 0 Å². The Labute approximate surface area is 72.3 Å². The van der Waals surface area contributed by atoms with Crippen LogP contribution in [0.15, 0.2) is 24.3 Å². The van der Waals surface area contributed by atoms with Gasteiger partial charge in [0, 0.05) is 0 Å². The molecule has 0 fully saturated rings. The van der Waals surface area contributed by atoms with Crippen LogP contribution in [0.3, 0.4) is 0 Å². The predicted octanol–water partition coefficient (Wildman–Crippen LogP) is 0.629. The van der Waals surface area contributed by atoms with Gasteiger partial charge in [-0.05, 0) is 24.3 Å². The van der Waals surface area contributed by atoms with Crippen LogP contribution >= 0.6 is 0 Å². The summed E-state index contributed by atoms with van der Waals surface area (Å²) < 4.78 is 12.4. The highest BCUT2D eigenvalue weighted by atomic mass is 19.1. The van der Waals surface area contributed by atoms with Crippen molar-refractivity contribution in [1.29, 1.82) is 0 Å². The van der Waals surface area contributed by atoms with Crippen LogP contribution in [-0.2, 0) is 4.94 Å². The van der Waals surface area contributed by atoms with Gasteiger partial charge in [-0.15, -0.1) is 15.3 Å². The average molecular weight is 187 g/mol. The molecule has 0 bridgehead atoms. The van der Waals surface area contributed by atoms with Crippen LogP contribution in [0.1, 0.15) is 0 Å². The van der Waals surface area contributed by atoms with Crippen molar-refractivity contribution in [3.05, 3.63) is 40.2 Å². The van der Waals surface area contributed by atoms with Gasteiger partial charge in [-0.1, -0.05) is 0 Å². The van der Waals surface area contributed by atoms with E-state index < -0.39 is 10.9 Å². The van der Waals surface area contributed by atoms with Crippen LogP contribution in [-0.4, -0.2) is 5.09 Å². The quantitative estimate of drug-likeness (QED) is 0.426. The topological polar surface area (TPSA) is 81.6 Å². The summed E-state index contributed by atoms with van der Waals surface area (Å²) >= 11 is 0. The Morgan fingerprint density at radius 1 is 1.46 bits per heavy atom. The lowest BCUT2D eigenvalue weighted by Gasteiger charge is -2.13. The smallest absolute Gasteiger partial charge is 0.223 e. The van der Waals surface area contributed by atoms with Crippen molar-refractivity contribution >= 4 is 5.69 Å². The van der Waals surface area contributed by atoms with Crippen LogP contribution in [0.4, 0.5) is 10.1 Å². The van der Waals surface area contributed by atoms with Crippen LogP contribution in [0.25, 0.3) is 0 Å². The number of anilines is 1. The van der Waals surface area contributed by atoms with Crippen LogP contribution in [0, 0.1) is 15.9 Å². The predicted molar refractivity (Wildman–Crippen MR) is 41.1 cm³/mol. The molecule has 6 nitrogen and oxygen atoms in total. The second-order valence-corrected chi connectivity index (χ2v) is 2.11. The van der Waals surface area contributed by atoms with Crippen molar-refractivity contribution < 1.29 is 14.4 Å². The first kappa shape index (κ1) is 9.20. The Bertz CT molecular complexity index is 302. The fourth-order valence-electron chi connectivity index (χ4n) is 0.707. The molecule has 1 aromatic rings. The molecule has 0 aliphatic carbocycles. The normalized spacial score (nSPS) is 9.38. The standard InChI is InChI=1S/C6H6FN3O3/c7-5-1-3-6(4-2-5)9(8)13-10(11)12/h1-4H,8H2. The number of hydrogen-bond acceptors (Lipinski definition) is 5. The van der Waals surface area contributed by atoms with Gasteiger partial charge < -0.3 is 0 Å². The molecule has 0 aliphatic rings. The number of benzene rings is 1. The molecule has 0 saturated carbocycles. The summed E-state index contributed by atoms with van der Waals surface area (Å²) in [4.78, 5) is 13.7. The van der Waals surface area contributed by atoms with Gasteiger partial charge in [-0.25, -0.2) is 10.2 Å². The zero-order valence-corrected chi connectivity index (χ0v) is 6.38. The van der Waals surface area contributed by atoms with Crippen molar-refractivity contribution in [3.8, 4) is 0 Å². The summed E-state index contributed by atoms with van der Waals surface area (Å²) in [5.74, 6) is 4.63. The summed E-state index contributed by atoms with van der Waals surface area (Å²) in [5.41, 5.74) is 0.179. The van der Waals surface area contributed by atoms with Gasteiger partial charge in [0.2, 0.25) is 0 Å². The SMILES string of the molecule is NN(O[N+](=O)[O-])c1ccc(F)cc1. The van der Waals surface area contributed by atoms with Gasteiger partial charge in [0.05, 0.1) is 5.69 Å². The maximum absolute atomic E-state index is 12.4. The van der Waals surface area contributed by atoms with Crippen molar-refractivity contribution in [2.24, 2.45) is 5.84 Å². The molecule has 0 unspecified atom stereocenters. The molecule has 0 aromatic heterocycles. The molecular formula is C6H6FN3O3. The summed E-state index contributed by atoms with van der Waals surface area (Å²) in [6, 6.07) is 4.72. The maximum atomic E-state index is 12.4. The molecule has 0 spiro atoms. The first-order valence-corrected chi connectivity index (χ1v) is 3.22. The van der Waals surface area contributed by atoms with Gasteiger partial charge in [-0.3, -0.25) is 0 Å². The lowest BCUT2D eigenvalue weighted by Crippen LogP contribution is -2.33. The zero-order chi connectivity index (χ0) is 9.84. The minimum absolute atomic E-state index is 0.179. The molecule has 1 rings (SSSR count). The highest BCUT2D eigenvalue weighted by molar-refractivity contribution is 5.41. The third kappa shape index (κ3) is 2.56. The van der Waals surface area contributed by atoms with E-state index in [0.717, 1.165) is 12.1 Å². The van der Waals surface area contributed by atoms with E-state index in [-0.39, 0.29) is 5.69 Å². The van der Waals surface area contributed by atoms with Gasteiger partial charge in [0.15, 0.2) is 0 Å². The lowest BCUT2D eigenvalue weighted by atomic mass is 10.3. The summed E-state index contributed by atoms with van der Waals surface area (Å²) in [6.45, 7) is 0. The molecule has 13 heavy (non-hydrogen) atoms. The first-order chi connectivity index (χ1) is 6.09. The van der Waals surface area contributed by atoms with E-state index in [9.17, 15) is 14.5 Å². The maximum Gasteiger partial charge on any atom is 0.318 e. The van der Waals surface area contributed by atoms with Crippen molar-refractivity contribution in [2.75, 3.05) is 5.17 Å². The minimum Gasteiger partial charge on any atom is -0.223 e. The molecule has 0 heterocycles. The summed E-state index contributed by atoms with van der Waals surface area (Å²) in [7, 11) is 0. The second kappa shape index (κ2) is 3.68. The average Bonchev–Trinajstić information content (AvgIpc) is 2.04. The number of nitrogens with two attached hydrogens (primary N) is 1. The van der Waals surface area contributed by atoms with E-state index in [1.165, 1.54) is 12.1 Å².